The number of H-pyrrole nitrogens is 1. The third-order valence-corrected chi connectivity index (χ3v) is 3.47. The van der Waals surface area contributed by atoms with E-state index in [1.54, 1.807) is 24.4 Å². The van der Waals surface area contributed by atoms with Crippen LogP contribution >= 0.6 is 38.5 Å². The molecule has 0 aliphatic heterocycles. The summed E-state index contributed by atoms with van der Waals surface area (Å²) >= 11 is 5.38. The van der Waals surface area contributed by atoms with Crippen molar-refractivity contribution in [3.63, 3.8) is 0 Å². The molecular formula is C12H9BrIN3O2. The molecule has 1 aromatic carbocycles. The number of nitrogens with one attached hydrogen (secondary N) is 3. The predicted octanol–water partition coefficient (Wildman–Crippen LogP) is 2.46. The van der Waals surface area contributed by atoms with Gasteiger partial charge in [-0.15, -0.1) is 0 Å². The second-order valence-electron chi connectivity index (χ2n) is 3.65. The van der Waals surface area contributed by atoms with Gasteiger partial charge >= 0.3 is 0 Å². The maximum absolute atomic E-state index is 11.7. The summed E-state index contributed by atoms with van der Waals surface area (Å²) in [7, 11) is 0. The van der Waals surface area contributed by atoms with Crippen LogP contribution in [0.15, 0.2) is 41.0 Å². The summed E-state index contributed by atoms with van der Waals surface area (Å²) in [4.78, 5) is 26.2. The van der Waals surface area contributed by atoms with Crippen molar-refractivity contribution in [1.29, 1.82) is 0 Å². The third kappa shape index (κ3) is 3.80. The SMILES string of the molecule is O=C(NNC(=O)c1cc(Br)c[nH]1)c1ccc(I)cc1. The Bertz CT molecular complexity index is 610. The molecule has 3 N–H and O–H groups in total. The quantitative estimate of drug-likeness (QED) is 0.502. The van der Waals surface area contributed by atoms with E-state index in [4.69, 9.17) is 0 Å². The largest absolute Gasteiger partial charge is 0.356 e. The summed E-state index contributed by atoms with van der Waals surface area (Å²) in [5, 5.41) is 0. The summed E-state index contributed by atoms with van der Waals surface area (Å²) in [6.07, 6.45) is 1.63. The van der Waals surface area contributed by atoms with E-state index in [-0.39, 0.29) is 5.91 Å². The van der Waals surface area contributed by atoms with E-state index in [9.17, 15) is 9.59 Å². The first-order chi connectivity index (χ1) is 9.06. The zero-order valence-corrected chi connectivity index (χ0v) is 13.3. The van der Waals surface area contributed by atoms with Crippen molar-refractivity contribution < 1.29 is 9.59 Å². The van der Waals surface area contributed by atoms with Crippen LogP contribution in [-0.2, 0) is 0 Å². The summed E-state index contributed by atoms with van der Waals surface area (Å²) in [6, 6.07) is 8.63. The van der Waals surface area contributed by atoms with Crippen LogP contribution in [0.25, 0.3) is 0 Å². The van der Waals surface area contributed by atoms with Crippen LogP contribution in [-0.4, -0.2) is 16.8 Å². The zero-order valence-electron chi connectivity index (χ0n) is 9.54. The number of hydrogen-bond acceptors (Lipinski definition) is 2. The molecule has 1 heterocycles. The molecule has 7 heteroatoms. The fourth-order valence-corrected chi connectivity index (χ4v) is 2.06. The number of aromatic nitrogens is 1. The number of hydrazine groups is 1. The minimum atomic E-state index is -0.412. The molecule has 0 aliphatic rings. The topological polar surface area (TPSA) is 74.0 Å². The van der Waals surface area contributed by atoms with Crippen LogP contribution in [0, 0.1) is 3.57 Å². The highest BCUT2D eigenvalue weighted by molar-refractivity contribution is 14.1. The Morgan fingerprint density at radius 3 is 2.32 bits per heavy atom. The molecule has 2 rings (SSSR count). The van der Waals surface area contributed by atoms with Gasteiger partial charge in [-0.1, -0.05) is 0 Å². The molecule has 0 atom stereocenters. The van der Waals surface area contributed by atoms with Gasteiger partial charge in [-0.05, 0) is 68.9 Å². The lowest BCUT2D eigenvalue weighted by atomic mass is 10.2. The molecule has 2 amide bonds. The molecule has 0 radical (unpaired) electrons. The molecule has 0 bridgehead atoms. The molecule has 19 heavy (non-hydrogen) atoms. The highest BCUT2D eigenvalue weighted by Gasteiger charge is 2.10. The van der Waals surface area contributed by atoms with E-state index in [2.05, 4.69) is 54.4 Å². The number of aromatic amines is 1. The molecule has 2 aromatic rings. The first-order valence-corrected chi connectivity index (χ1v) is 7.13. The number of amides is 2. The lowest BCUT2D eigenvalue weighted by Gasteiger charge is -2.06. The monoisotopic (exact) mass is 433 g/mol. The predicted molar refractivity (Wildman–Crippen MR) is 82.6 cm³/mol. The summed E-state index contributed by atoms with van der Waals surface area (Å²) in [6.45, 7) is 0. The van der Waals surface area contributed by atoms with Crippen molar-refractivity contribution in [3.05, 3.63) is 55.8 Å². The van der Waals surface area contributed by atoms with Gasteiger partial charge in [0.05, 0.1) is 0 Å². The lowest BCUT2D eigenvalue weighted by Crippen LogP contribution is -2.41. The van der Waals surface area contributed by atoms with Crippen molar-refractivity contribution in [2.24, 2.45) is 0 Å². The molecule has 0 saturated carbocycles. The van der Waals surface area contributed by atoms with E-state index in [0.29, 0.717) is 11.3 Å². The highest BCUT2D eigenvalue weighted by atomic mass is 127. The van der Waals surface area contributed by atoms with Gasteiger partial charge in [0.25, 0.3) is 11.8 Å². The number of hydrogen-bond donors (Lipinski definition) is 3. The van der Waals surface area contributed by atoms with Crippen LogP contribution in [0.3, 0.4) is 0 Å². The molecular weight excluding hydrogens is 425 g/mol. The normalized spacial score (nSPS) is 10.0. The van der Waals surface area contributed by atoms with Crippen molar-refractivity contribution in [2.45, 2.75) is 0 Å². The smallest absolute Gasteiger partial charge is 0.286 e. The number of halogens is 2. The average molecular weight is 434 g/mol. The molecule has 0 aliphatic carbocycles. The van der Waals surface area contributed by atoms with Gasteiger partial charge in [0.2, 0.25) is 0 Å². The molecule has 1 aromatic heterocycles. The van der Waals surface area contributed by atoms with Crippen LogP contribution < -0.4 is 10.9 Å². The fraction of sp³-hybridized carbons (Fsp3) is 0. The Kier molecular flexibility index (Phi) is 4.59. The first-order valence-electron chi connectivity index (χ1n) is 5.26. The van der Waals surface area contributed by atoms with Crippen molar-refractivity contribution in [3.8, 4) is 0 Å². The van der Waals surface area contributed by atoms with Crippen molar-refractivity contribution in [1.82, 2.24) is 15.8 Å². The first kappa shape index (κ1) is 14.1. The van der Waals surface area contributed by atoms with Crippen molar-refractivity contribution in [2.75, 3.05) is 0 Å². The minimum Gasteiger partial charge on any atom is -0.356 e. The summed E-state index contributed by atoms with van der Waals surface area (Å²) in [5.74, 6) is -0.778. The minimum absolute atomic E-state index is 0.356. The second-order valence-corrected chi connectivity index (χ2v) is 5.81. The standard InChI is InChI=1S/C12H9BrIN3O2/c13-8-5-10(15-6-8)12(19)17-16-11(18)7-1-3-9(14)4-2-7/h1-6,15H,(H,16,18)(H,17,19). The Morgan fingerprint density at radius 2 is 1.74 bits per heavy atom. The van der Waals surface area contributed by atoms with Crippen LogP contribution in [0.1, 0.15) is 20.8 Å². The van der Waals surface area contributed by atoms with Gasteiger partial charge in [0.1, 0.15) is 5.69 Å². The zero-order chi connectivity index (χ0) is 13.8. The maximum Gasteiger partial charge on any atom is 0.286 e. The van der Waals surface area contributed by atoms with E-state index < -0.39 is 5.91 Å². The van der Waals surface area contributed by atoms with Gasteiger partial charge in [-0.3, -0.25) is 20.4 Å². The lowest BCUT2D eigenvalue weighted by molar-refractivity contribution is 0.0844. The Labute approximate surface area is 131 Å². The number of rotatable bonds is 2. The molecule has 0 spiro atoms. The molecule has 0 saturated heterocycles. The van der Waals surface area contributed by atoms with Crippen LogP contribution in [0.5, 0.6) is 0 Å². The van der Waals surface area contributed by atoms with Gasteiger partial charge < -0.3 is 4.98 Å². The third-order valence-electron chi connectivity index (χ3n) is 2.29. The maximum atomic E-state index is 11.7. The van der Waals surface area contributed by atoms with Crippen molar-refractivity contribution >= 4 is 50.3 Å². The fourth-order valence-electron chi connectivity index (χ4n) is 1.35. The van der Waals surface area contributed by atoms with E-state index in [0.717, 1.165) is 8.04 Å². The summed E-state index contributed by atoms with van der Waals surface area (Å²) in [5.41, 5.74) is 5.52. The van der Waals surface area contributed by atoms with E-state index in [1.165, 1.54) is 0 Å². The van der Waals surface area contributed by atoms with Gasteiger partial charge in [0, 0.05) is 19.8 Å². The van der Waals surface area contributed by atoms with Crippen LogP contribution in [0.2, 0.25) is 0 Å². The number of benzene rings is 1. The van der Waals surface area contributed by atoms with Gasteiger partial charge in [-0.25, -0.2) is 0 Å². The van der Waals surface area contributed by atoms with Gasteiger partial charge in [0.15, 0.2) is 0 Å². The summed E-state index contributed by atoms with van der Waals surface area (Å²) < 4.78 is 1.80. The Morgan fingerprint density at radius 1 is 1.11 bits per heavy atom. The van der Waals surface area contributed by atoms with E-state index in [1.807, 2.05) is 12.1 Å². The second kappa shape index (κ2) is 6.20. The molecule has 5 nitrogen and oxygen atoms in total. The molecule has 98 valence electrons. The highest BCUT2D eigenvalue weighted by Crippen LogP contribution is 2.10. The van der Waals surface area contributed by atoms with E-state index >= 15 is 0 Å². The average Bonchev–Trinajstić information content (AvgIpc) is 2.83. The Hall–Kier alpha value is -1.35. The number of carbonyl (C=O) groups is 2. The molecule has 0 unspecified atom stereocenters. The van der Waals surface area contributed by atoms with Gasteiger partial charge in [-0.2, -0.15) is 0 Å². The number of carbonyl (C=O) groups excluding carboxylic acids is 2. The molecule has 0 fully saturated rings. The van der Waals surface area contributed by atoms with Crippen LogP contribution in [0.4, 0.5) is 0 Å². The Balaban J connectivity index is 1.93.